The zero-order valence-corrected chi connectivity index (χ0v) is 15.3. The van der Waals surface area contributed by atoms with Crippen LogP contribution >= 0.6 is 11.3 Å². The summed E-state index contributed by atoms with van der Waals surface area (Å²) < 4.78 is 0. The first-order valence-electron chi connectivity index (χ1n) is 8.81. The fourth-order valence-electron chi connectivity index (χ4n) is 3.38. The highest BCUT2D eigenvalue weighted by molar-refractivity contribution is 7.07. The number of nitrogens with zero attached hydrogens (tertiary/aromatic N) is 2. The van der Waals surface area contributed by atoms with E-state index in [2.05, 4.69) is 27.0 Å². The smallest absolute Gasteiger partial charge is 0.225 e. The average Bonchev–Trinajstić information content (AvgIpc) is 3.30. The summed E-state index contributed by atoms with van der Waals surface area (Å²) in [5, 5.41) is 7.31. The number of likely N-dealkylation sites (tertiary alicyclic amines) is 1. The molecule has 0 unspecified atom stereocenters. The third kappa shape index (κ3) is 4.16. The summed E-state index contributed by atoms with van der Waals surface area (Å²) in [6, 6.07) is 2.30. The number of piperidine rings is 1. The van der Waals surface area contributed by atoms with Gasteiger partial charge in [0, 0.05) is 25.6 Å². The van der Waals surface area contributed by atoms with E-state index in [4.69, 9.17) is 0 Å². The van der Waals surface area contributed by atoms with E-state index in [-0.39, 0.29) is 29.7 Å². The first-order valence-corrected chi connectivity index (χ1v) is 9.75. The lowest BCUT2D eigenvalue weighted by Crippen LogP contribution is -2.47. The van der Waals surface area contributed by atoms with Crippen LogP contribution in [0.15, 0.2) is 16.8 Å². The monoisotopic (exact) mass is 349 g/mol. The second-order valence-corrected chi connectivity index (χ2v) is 7.96. The highest BCUT2D eigenvalue weighted by Gasteiger charge is 2.36. The van der Waals surface area contributed by atoms with Crippen molar-refractivity contribution >= 4 is 23.2 Å². The summed E-state index contributed by atoms with van der Waals surface area (Å²) in [6.45, 7) is 2.01. The molecule has 0 bridgehead atoms. The lowest BCUT2D eigenvalue weighted by atomic mass is 9.96. The molecule has 2 heterocycles. The molecule has 0 aromatic carbocycles. The van der Waals surface area contributed by atoms with Gasteiger partial charge < -0.3 is 15.1 Å². The Morgan fingerprint density at radius 1 is 1.33 bits per heavy atom. The molecule has 2 fully saturated rings. The summed E-state index contributed by atoms with van der Waals surface area (Å²) in [5.41, 5.74) is 1.24. The molecule has 1 N–H and O–H groups in total. The molecular formula is C18H27N3O2S. The van der Waals surface area contributed by atoms with Gasteiger partial charge in [-0.25, -0.2) is 0 Å². The van der Waals surface area contributed by atoms with E-state index in [9.17, 15) is 9.59 Å². The number of rotatable bonds is 6. The molecule has 2 aliphatic rings. The molecule has 132 valence electrons. The number of likely N-dealkylation sites (N-methyl/N-ethyl adjacent to an activating group) is 1. The van der Waals surface area contributed by atoms with E-state index in [0.717, 1.165) is 32.2 Å². The van der Waals surface area contributed by atoms with Crippen molar-refractivity contribution in [2.45, 2.75) is 31.7 Å². The van der Waals surface area contributed by atoms with Crippen molar-refractivity contribution in [3.8, 4) is 0 Å². The molecule has 5 nitrogen and oxygen atoms in total. The highest BCUT2D eigenvalue weighted by atomic mass is 32.1. The van der Waals surface area contributed by atoms with Gasteiger partial charge in [-0.2, -0.15) is 11.3 Å². The Balaban J connectivity index is 1.53. The Kier molecular flexibility index (Phi) is 5.56. The lowest BCUT2D eigenvalue weighted by Gasteiger charge is -2.33. The molecular weight excluding hydrogens is 322 g/mol. The summed E-state index contributed by atoms with van der Waals surface area (Å²) in [7, 11) is 4.07. The zero-order valence-electron chi connectivity index (χ0n) is 14.5. The maximum atomic E-state index is 12.6. The van der Waals surface area contributed by atoms with Gasteiger partial charge in [0.25, 0.3) is 0 Å². The van der Waals surface area contributed by atoms with Crippen molar-refractivity contribution in [1.29, 1.82) is 0 Å². The van der Waals surface area contributed by atoms with Crippen LogP contribution in [0.5, 0.6) is 0 Å². The third-order valence-electron chi connectivity index (χ3n) is 5.05. The second-order valence-electron chi connectivity index (χ2n) is 7.18. The summed E-state index contributed by atoms with van der Waals surface area (Å²) >= 11 is 1.68. The maximum absolute atomic E-state index is 12.6. The van der Waals surface area contributed by atoms with Crippen LogP contribution in [0.25, 0.3) is 0 Å². The quantitative estimate of drug-likeness (QED) is 0.856. The zero-order chi connectivity index (χ0) is 17.1. The molecule has 2 atom stereocenters. The van der Waals surface area contributed by atoms with Gasteiger partial charge in [0.15, 0.2) is 0 Å². The predicted molar refractivity (Wildman–Crippen MR) is 95.8 cm³/mol. The van der Waals surface area contributed by atoms with Crippen LogP contribution in [0.3, 0.4) is 0 Å². The number of thiophene rings is 1. The molecule has 1 aromatic heterocycles. The Labute approximate surface area is 148 Å². The molecule has 24 heavy (non-hydrogen) atoms. The third-order valence-corrected chi connectivity index (χ3v) is 5.75. The summed E-state index contributed by atoms with van der Waals surface area (Å²) in [4.78, 5) is 28.9. The van der Waals surface area contributed by atoms with Gasteiger partial charge in [-0.05, 0) is 62.2 Å². The molecule has 1 saturated heterocycles. The minimum absolute atomic E-state index is 0.0632. The number of hydrogen-bond acceptors (Lipinski definition) is 4. The van der Waals surface area contributed by atoms with Crippen molar-refractivity contribution in [1.82, 2.24) is 15.1 Å². The molecule has 2 amide bonds. The Hall–Kier alpha value is -1.40. The van der Waals surface area contributed by atoms with Gasteiger partial charge >= 0.3 is 0 Å². The molecule has 1 aliphatic heterocycles. The van der Waals surface area contributed by atoms with Crippen LogP contribution in [-0.2, 0) is 9.59 Å². The maximum Gasteiger partial charge on any atom is 0.225 e. The summed E-state index contributed by atoms with van der Waals surface area (Å²) in [6.07, 6.45) is 3.86. The van der Waals surface area contributed by atoms with Crippen LogP contribution in [0.4, 0.5) is 0 Å². The molecule has 3 rings (SSSR count). The molecule has 0 radical (unpaired) electrons. The van der Waals surface area contributed by atoms with Crippen molar-refractivity contribution in [3.63, 3.8) is 0 Å². The first-order chi connectivity index (χ1) is 11.6. The van der Waals surface area contributed by atoms with Crippen molar-refractivity contribution < 1.29 is 9.59 Å². The van der Waals surface area contributed by atoms with Gasteiger partial charge in [-0.1, -0.05) is 0 Å². The van der Waals surface area contributed by atoms with Crippen LogP contribution in [0, 0.1) is 11.8 Å². The van der Waals surface area contributed by atoms with Gasteiger partial charge in [0.1, 0.15) is 0 Å². The van der Waals surface area contributed by atoms with Crippen LogP contribution in [0.2, 0.25) is 0 Å². The number of hydrogen-bond donors (Lipinski definition) is 1. The van der Waals surface area contributed by atoms with Crippen molar-refractivity contribution in [3.05, 3.63) is 22.4 Å². The van der Waals surface area contributed by atoms with Gasteiger partial charge in [0.2, 0.25) is 11.8 Å². The minimum atomic E-state index is -0.0632. The second kappa shape index (κ2) is 7.66. The van der Waals surface area contributed by atoms with E-state index in [1.54, 1.807) is 11.3 Å². The van der Waals surface area contributed by atoms with Gasteiger partial charge in [0.05, 0.1) is 12.0 Å². The van der Waals surface area contributed by atoms with Crippen molar-refractivity contribution in [2.75, 3.05) is 33.7 Å². The summed E-state index contributed by atoms with van der Waals surface area (Å²) in [5.74, 6) is 0.526. The van der Waals surface area contributed by atoms with E-state index in [0.29, 0.717) is 13.1 Å². The Morgan fingerprint density at radius 2 is 2.12 bits per heavy atom. The van der Waals surface area contributed by atoms with Crippen LogP contribution < -0.4 is 5.32 Å². The predicted octanol–water partition coefficient (Wildman–Crippen LogP) is 2.12. The first kappa shape index (κ1) is 17.4. The normalized spacial score (nSPS) is 22.5. The number of nitrogens with one attached hydrogen (secondary N) is 1. The topological polar surface area (TPSA) is 52.7 Å². The Bertz CT molecular complexity index is 569. The minimum Gasteiger partial charge on any atom is -0.354 e. The molecule has 1 aliphatic carbocycles. The fourth-order valence-corrected chi connectivity index (χ4v) is 4.09. The number of amides is 2. The van der Waals surface area contributed by atoms with Gasteiger partial charge in [-0.3, -0.25) is 9.59 Å². The lowest BCUT2D eigenvalue weighted by molar-refractivity contribution is -0.136. The number of carbonyl (C=O) groups excluding carboxylic acids is 2. The SMILES string of the molecule is CN(C)[C@H](CNC(=O)[C@@H]1CCCN(C(=O)C2CC2)C1)c1ccsc1. The molecule has 1 saturated carbocycles. The standard InChI is InChI=1S/C18H27N3O2S/c1-20(2)16(15-7-9-24-12-15)10-19-17(22)14-4-3-8-21(11-14)18(23)13-5-6-13/h7,9,12-14,16H,3-6,8,10-11H2,1-2H3,(H,19,22)/t14-,16-/m1/s1. The van der Waals surface area contributed by atoms with E-state index in [1.165, 1.54) is 5.56 Å². The fraction of sp³-hybridized carbons (Fsp3) is 0.667. The highest BCUT2D eigenvalue weighted by Crippen LogP contribution is 2.32. The number of carbonyl (C=O) groups is 2. The largest absolute Gasteiger partial charge is 0.354 e. The molecule has 6 heteroatoms. The van der Waals surface area contributed by atoms with Gasteiger partial charge in [-0.15, -0.1) is 0 Å². The van der Waals surface area contributed by atoms with Crippen LogP contribution in [-0.4, -0.2) is 55.3 Å². The average molecular weight is 350 g/mol. The molecule has 0 spiro atoms. The Morgan fingerprint density at radius 3 is 2.75 bits per heavy atom. The van der Waals surface area contributed by atoms with Crippen molar-refractivity contribution in [2.24, 2.45) is 11.8 Å². The molecule has 1 aromatic rings. The van der Waals surface area contributed by atoms with E-state index < -0.39 is 0 Å². The van der Waals surface area contributed by atoms with Crippen LogP contribution in [0.1, 0.15) is 37.3 Å². The van der Waals surface area contributed by atoms with E-state index >= 15 is 0 Å². The van der Waals surface area contributed by atoms with E-state index in [1.807, 2.05) is 19.0 Å².